The Morgan fingerprint density at radius 2 is 1.12 bits per heavy atom. The van der Waals surface area contributed by atoms with E-state index in [1.54, 1.807) is 0 Å². The van der Waals surface area contributed by atoms with Crippen LogP contribution in [-0.2, 0) is 4.79 Å². The van der Waals surface area contributed by atoms with Crippen molar-refractivity contribution in [1.29, 1.82) is 0 Å². The maximum absolute atomic E-state index is 12.1. The topological polar surface area (TPSA) is 20.3 Å². The fourth-order valence-electron chi connectivity index (χ4n) is 3.39. The largest absolute Gasteiger partial charge is 0.346 e. The third kappa shape index (κ3) is 18.2. The summed E-state index contributed by atoms with van der Waals surface area (Å²) in [4.78, 5) is 14.0. The van der Waals surface area contributed by atoms with Gasteiger partial charge in [0, 0.05) is 26.4 Å². The summed E-state index contributed by atoms with van der Waals surface area (Å²) in [7, 11) is 8.57. The second-order valence-corrected chi connectivity index (χ2v) is 9.18. The Bertz CT molecular complexity index is 323. The number of quaternary nitrogens is 1. The summed E-state index contributed by atoms with van der Waals surface area (Å²) < 4.78 is 0.973. The van der Waals surface area contributed by atoms with Gasteiger partial charge < -0.3 is 9.38 Å². The van der Waals surface area contributed by atoms with E-state index in [0.29, 0.717) is 5.91 Å². The van der Waals surface area contributed by atoms with Gasteiger partial charge in [-0.15, -0.1) is 0 Å². The van der Waals surface area contributed by atoms with E-state index in [2.05, 4.69) is 28.1 Å². The van der Waals surface area contributed by atoms with Crippen LogP contribution in [0.25, 0.3) is 0 Å². The zero-order valence-corrected chi connectivity index (χ0v) is 18.8. The molecule has 26 heavy (non-hydrogen) atoms. The van der Waals surface area contributed by atoms with Crippen molar-refractivity contribution >= 4 is 5.91 Å². The van der Waals surface area contributed by atoms with Gasteiger partial charge in [0.15, 0.2) is 0 Å². The molecule has 156 valence electrons. The van der Waals surface area contributed by atoms with E-state index in [9.17, 15) is 4.79 Å². The van der Waals surface area contributed by atoms with Gasteiger partial charge in [-0.2, -0.15) is 0 Å². The maximum Gasteiger partial charge on any atom is 0.222 e. The van der Waals surface area contributed by atoms with Gasteiger partial charge in [0.1, 0.15) is 0 Å². The molecule has 0 aromatic heterocycles. The molecule has 0 aliphatic rings. The lowest BCUT2D eigenvalue weighted by Gasteiger charge is -2.25. The van der Waals surface area contributed by atoms with Crippen molar-refractivity contribution in [2.75, 3.05) is 41.3 Å². The van der Waals surface area contributed by atoms with Crippen molar-refractivity contribution in [1.82, 2.24) is 4.90 Å². The van der Waals surface area contributed by atoms with Crippen LogP contribution in [0, 0.1) is 0 Å². The van der Waals surface area contributed by atoms with Crippen molar-refractivity contribution in [3.05, 3.63) is 0 Å². The van der Waals surface area contributed by atoms with Gasteiger partial charge in [0.25, 0.3) is 0 Å². The number of hydrogen-bond donors (Lipinski definition) is 0. The van der Waals surface area contributed by atoms with Crippen LogP contribution in [0.15, 0.2) is 0 Å². The average Bonchev–Trinajstić information content (AvgIpc) is 2.57. The number of carbonyl (C=O) groups excluding carboxylic acids is 1. The molecule has 0 saturated carbocycles. The van der Waals surface area contributed by atoms with Gasteiger partial charge in [-0.3, -0.25) is 4.79 Å². The normalized spacial score (nSPS) is 11.7. The van der Waals surface area contributed by atoms with Crippen LogP contribution in [0.5, 0.6) is 0 Å². The molecule has 0 aromatic carbocycles. The Labute approximate surface area is 165 Å². The van der Waals surface area contributed by atoms with Crippen LogP contribution in [0.3, 0.4) is 0 Å². The molecule has 3 heteroatoms. The first kappa shape index (κ1) is 25.4. The summed E-state index contributed by atoms with van der Waals surface area (Å²) >= 11 is 0. The number of unbranched alkanes of at least 4 members (excludes halogenated alkanes) is 12. The SMILES string of the molecule is CCCCCCCCCCCCCCCC(=O)N(C)CCC[N+](C)(C)C. The summed E-state index contributed by atoms with van der Waals surface area (Å²) in [5.41, 5.74) is 0. The van der Waals surface area contributed by atoms with Crippen LogP contribution in [0.4, 0.5) is 0 Å². The minimum atomic E-state index is 0.328. The summed E-state index contributed by atoms with van der Waals surface area (Å²) in [6.45, 7) is 4.30. The fraction of sp³-hybridized carbons (Fsp3) is 0.957. The molecule has 0 bridgehead atoms. The molecule has 0 aliphatic heterocycles. The Morgan fingerprint density at radius 3 is 1.54 bits per heavy atom. The Hall–Kier alpha value is -0.570. The Morgan fingerprint density at radius 1 is 0.692 bits per heavy atom. The van der Waals surface area contributed by atoms with Crippen LogP contribution in [0.2, 0.25) is 0 Å². The number of hydrogen-bond acceptors (Lipinski definition) is 1. The Balaban J connectivity index is 3.34. The van der Waals surface area contributed by atoms with E-state index in [1.165, 1.54) is 77.0 Å². The highest BCUT2D eigenvalue weighted by atomic mass is 16.2. The predicted molar refractivity (Wildman–Crippen MR) is 115 cm³/mol. The number of rotatable bonds is 18. The Kier molecular flexibility index (Phi) is 16.2. The lowest BCUT2D eigenvalue weighted by molar-refractivity contribution is -0.870. The quantitative estimate of drug-likeness (QED) is 0.214. The summed E-state index contributed by atoms with van der Waals surface area (Å²) in [6, 6.07) is 0. The molecule has 0 fully saturated rings. The molecular weight excluding hydrogens is 320 g/mol. The van der Waals surface area contributed by atoms with E-state index in [4.69, 9.17) is 0 Å². The van der Waals surface area contributed by atoms with Crippen LogP contribution < -0.4 is 0 Å². The summed E-state index contributed by atoms with van der Waals surface area (Å²) in [5.74, 6) is 0.328. The van der Waals surface area contributed by atoms with Gasteiger partial charge in [0.2, 0.25) is 5.91 Å². The zero-order chi connectivity index (χ0) is 19.7. The number of carbonyl (C=O) groups is 1. The smallest absolute Gasteiger partial charge is 0.222 e. The standard InChI is InChI=1S/C23H49N2O/c1-6-7-8-9-10-11-12-13-14-15-16-17-18-20-23(26)24(2)21-19-22-25(3,4)5/h6-22H2,1-5H3/q+1. The number of nitrogens with zero attached hydrogens (tertiary/aromatic N) is 2. The molecule has 0 rings (SSSR count). The van der Waals surface area contributed by atoms with Crippen molar-refractivity contribution < 1.29 is 9.28 Å². The van der Waals surface area contributed by atoms with Gasteiger partial charge in [-0.25, -0.2) is 0 Å². The maximum atomic E-state index is 12.1. The molecule has 0 heterocycles. The fourth-order valence-corrected chi connectivity index (χ4v) is 3.39. The third-order valence-corrected chi connectivity index (χ3v) is 5.24. The van der Waals surface area contributed by atoms with E-state index in [0.717, 1.165) is 36.8 Å². The van der Waals surface area contributed by atoms with Crippen LogP contribution in [0.1, 0.15) is 103 Å². The zero-order valence-electron chi connectivity index (χ0n) is 18.8. The van der Waals surface area contributed by atoms with E-state index in [1.807, 2.05) is 11.9 Å². The first-order chi connectivity index (χ1) is 12.4. The molecule has 0 unspecified atom stereocenters. The van der Waals surface area contributed by atoms with Crippen LogP contribution >= 0.6 is 0 Å². The van der Waals surface area contributed by atoms with Crippen molar-refractivity contribution in [2.24, 2.45) is 0 Å². The molecule has 0 saturated heterocycles. The molecule has 0 radical (unpaired) electrons. The third-order valence-electron chi connectivity index (χ3n) is 5.24. The first-order valence-corrected chi connectivity index (χ1v) is 11.4. The lowest BCUT2D eigenvalue weighted by Crippen LogP contribution is -2.37. The van der Waals surface area contributed by atoms with Gasteiger partial charge in [0.05, 0.1) is 27.7 Å². The highest BCUT2D eigenvalue weighted by molar-refractivity contribution is 5.75. The first-order valence-electron chi connectivity index (χ1n) is 11.4. The molecule has 0 N–H and O–H groups in total. The molecular formula is C23H49N2O+. The molecule has 0 spiro atoms. The highest BCUT2D eigenvalue weighted by Crippen LogP contribution is 2.13. The monoisotopic (exact) mass is 369 g/mol. The van der Waals surface area contributed by atoms with Gasteiger partial charge >= 0.3 is 0 Å². The highest BCUT2D eigenvalue weighted by Gasteiger charge is 2.11. The minimum Gasteiger partial charge on any atom is -0.346 e. The molecule has 0 aromatic rings. The molecule has 1 amide bonds. The second-order valence-electron chi connectivity index (χ2n) is 9.18. The van der Waals surface area contributed by atoms with Gasteiger partial charge in [-0.1, -0.05) is 84.0 Å². The second kappa shape index (κ2) is 16.6. The minimum absolute atomic E-state index is 0.328. The number of amides is 1. The average molecular weight is 370 g/mol. The van der Waals surface area contributed by atoms with E-state index < -0.39 is 0 Å². The van der Waals surface area contributed by atoms with E-state index in [-0.39, 0.29) is 0 Å². The lowest BCUT2D eigenvalue weighted by atomic mass is 10.0. The van der Waals surface area contributed by atoms with Crippen molar-refractivity contribution in [3.8, 4) is 0 Å². The predicted octanol–water partition coefficient (Wildman–Crippen LogP) is 6.02. The van der Waals surface area contributed by atoms with Crippen molar-refractivity contribution in [2.45, 2.75) is 103 Å². The summed E-state index contributed by atoms with van der Waals surface area (Å²) in [6.07, 6.45) is 19.5. The van der Waals surface area contributed by atoms with Crippen LogP contribution in [-0.4, -0.2) is 56.6 Å². The molecule has 0 atom stereocenters. The van der Waals surface area contributed by atoms with Gasteiger partial charge in [-0.05, 0) is 6.42 Å². The van der Waals surface area contributed by atoms with Crippen molar-refractivity contribution in [3.63, 3.8) is 0 Å². The van der Waals surface area contributed by atoms with E-state index >= 15 is 0 Å². The molecule has 3 nitrogen and oxygen atoms in total. The molecule has 0 aliphatic carbocycles. The summed E-state index contributed by atoms with van der Waals surface area (Å²) in [5, 5.41) is 0.